The van der Waals surface area contributed by atoms with Crippen molar-refractivity contribution in [1.29, 1.82) is 5.26 Å². The van der Waals surface area contributed by atoms with Gasteiger partial charge in [0.1, 0.15) is 0 Å². The fourth-order valence-electron chi connectivity index (χ4n) is 5.35. The van der Waals surface area contributed by atoms with Crippen LogP contribution in [0.25, 0.3) is 60.6 Å². The number of fused-ring (bicyclic) bond motifs is 6. The Morgan fingerprint density at radius 2 is 1.60 bits per heavy atom. The molecule has 4 aromatic carbocycles. The second-order valence-electron chi connectivity index (χ2n) is 9.62. The summed E-state index contributed by atoms with van der Waals surface area (Å²) in [6.07, 6.45) is 3.10. The molecule has 0 unspecified atom stereocenters. The zero-order chi connectivity index (χ0) is 32.9. The van der Waals surface area contributed by atoms with E-state index in [-0.39, 0.29) is 31.2 Å². The Kier molecular flexibility index (Phi) is 5.57. The maximum absolute atomic E-state index is 9.69. The largest absolute Gasteiger partial charge is 0.348 e. The Morgan fingerprint density at radius 3 is 2.33 bits per heavy atom. The van der Waals surface area contributed by atoms with E-state index in [0.29, 0.717) is 16.8 Å². The maximum Gasteiger partial charge on any atom is 0.0998 e. The molecule has 8 rings (SSSR count). The molecule has 0 bridgehead atoms. The van der Waals surface area contributed by atoms with Crippen molar-refractivity contribution in [2.24, 2.45) is 0 Å². The van der Waals surface area contributed by atoms with Gasteiger partial charge in [-0.15, -0.1) is 47.5 Å². The van der Waals surface area contributed by atoms with Crippen molar-refractivity contribution in [3.8, 4) is 28.6 Å². The van der Waals surface area contributed by atoms with Crippen LogP contribution < -0.4 is 0 Å². The summed E-state index contributed by atoms with van der Waals surface area (Å²) in [5, 5.41) is 14.0. The van der Waals surface area contributed by atoms with Gasteiger partial charge in [-0.1, -0.05) is 77.1 Å². The van der Waals surface area contributed by atoms with Crippen LogP contribution in [0.15, 0.2) is 109 Å². The van der Waals surface area contributed by atoms with E-state index < -0.39 is 13.7 Å². The van der Waals surface area contributed by atoms with Gasteiger partial charge in [-0.25, -0.2) is 0 Å². The summed E-state index contributed by atoms with van der Waals surface area (Å²) in [4.78, 5) is 8.58. The molecular formula is C37H24IrN4-2. The Balaban J connectivity index is 0.000000172. The van der Waals surface area contributed by atoms with Crippen molar-refractivity contribution in [2.75, 3.05) is 0 Å². The number of hydrogen-bond donors (Lipinski definition) is 0. The van der Waals surface area contributed by atoms with Crippen LogP contribution in [0.4, 0.5) is 0 Å². The maximum atomic E-state index is 9.69. The van der Waals surface area contributed by atoms with E-state index in [1.54, 1.807) is 18.3 Å². The standard InChI is InChI=1S/C24H12N3.C13H12N.Ir/c25-14-15-6-5-10-22-23(15)19-13-16(20-8-3-4-11-26-20)12-18-17-7-1-2-9-21(17)27(22)24(18)19;1-10-3-6-12(7-4-10)13-8-5-11(2)9-14-13;/h1-11,13H;3-6,8-9H,1-2H3;/q2*-1;/i;1D3,2D3;. The van der Waals surface area contributed by atoms with E-state index in [2.05, 4.69) is 69.0 Å². The van der Waals surface area contributed by atoms with Gasteiger partial charge in [-0.3, -0.25) is 4.98 Å². The van der Waals surface area contributed by atoms with Crippen molar-refractivity contribution >= 4 is 38.1 Å². The summed E-state index contributed by atoms with van der Waals surface area (Å²) in [6.45, 7) is -4.34. The van der Waals surface area contributed by atoms with Gasteiger partial charge in [0.2, 0.25) is 0 Å². The molecule has 203 valence electrons. The topological polar surface area (TPSA) is 54.0 Å². The molecule has 0 spiro atoms. The number of pyridine rings is 2. The molecule has 4 nitrogen and oxygen atoms in total. The predicted molar refractivity (Wildman–Crippen MR) is 166 cm³/mol. The summed E-state index contributed by atoms with van der Waals surface area (Å²) in [7, 11) is 0. The summed E-state index contributed by atoms with van der Waals surface area (Å²) in [6, 6.07) is 38.7. The molecule has 0 saturated heterocycles. The average molecular weight is 723 g/mol. The third kappa shape index (κ3) is 4.62. The third-order valence-corrected chi connectivity index (χ3v) is 7.14. The number of aromatic nitrogens is 3. The quantitative estimate of drug-likeness (QED) is 0.168. The molecule has 8 aromatic rings. The molecule has 4 aromatic heterocycles. The Labute approximate surface area is 266 Å². The second-order valence-corrected chi connectivity index (χ2v) is 9.62. The summed E-state index contributed by atoms with van der Waals surface area (Å²) in [5.74, 6) is 0. The van der Waals surface area contributed by atoms with E-state index in [1.165, 1.54) is 29.8 Å². The van der Waals surface area contributed by atoms with Crippen LogP contribution in [-0.4, -0.2) is 14.4 Å². The SMILES string of the molecule is N#Cc1cccc2c1c1cc(-c3ccccn3)[c-]c3c4ccccc4n2c31.[2H]C([2H])([2H])c1c[c-]c(-c2ccc(C([2H])([2H])[2H])cn2)cc1.[Ir]. The molecular weight excluding hydrogens is 693 g/mol. The van der Waals surface area contributed by atoms with E-state index in [4.69, 9.17) is 8.22 Å². The van der Waals surface area contributed by atoms with Gasteiger partial charge in [0, 0.05) is 62.8 Å². The van der Waals surface area contributed by atoms with Crippen LogP contribution >= 0.6 is 0 Å². The van der Waals surface area contributed by atoms with Crippen molar-refractivity contribution in [3.05, 3.63) is 138 Å². The normalized spacial score (nSPS) is 13.6. The monoisotopic (exact) mass is 723 g/mol. The fourth-order valence-corrected chi connectivity index (χ4v) is 5.35. The molecule has 0 saturated carbocycles. The Morgan fingerprint density at radius 1 is 0.786 bits per heavy atom. The number of aryl methyl sites for hydroxylation is 2. The number of nitriles is 1. The molecule has 1 radical (unpaired) electrons. The van der Waals surface area contributed by atoms with Gasteiger partial charge in [-0.05, 0) is 47.9 Å². The average Bonchev–Trinajstić information content (AvgIpc) is 3.60. The van der Waals surface area contributed by atoms with Crippen molar-refractivity contribution in [2.45, 2.75) is 13.7 Å². The van der Waals surface area contributed by atoms with Crippen LogP contribution in [0, 0.1) is 37.2 Å². The first-order chi connectivity index (χ1) is 22.5. The zero-order valence-corrected chi connectivity index (χ0v) is 24.4. The molecule has 4 heterocycles. The van der Waals surface area contributed by atoms with Gasteiger partial charge >= 0.3 is 0 Å². The van der Waals surface area contributed by atoms with Crippen molar-refractivity contribution < 1.29 is 28.3 Å². The zero-order valence-electron chi connectivity index (χ0n) is 28.0. The Hall–Kier alpha value is -4.88. The van der Waals surface area contributed by atoms with Crippen LogP contribution in [0.2, 0.25) is 0 Å². The van der Waals surface area contributed by atoms with E-state index in [0.717, 1.165) is 44.0 Å². The predicted octanol–water partition coefficient (Wildman–Crippen LogP) is 8.73. The van der Waals surface area contributed by atoms with Gasteiger partial charge in [0.15, 0.2) is 0 Å². The first-order valence-corrected chi connectivity index (χ1v) is 13.0. The molecule has 0 atom stereocenters. The van der Waals surface area contributed by atoms with Gasteiger partial charge < -0.3 is 9.38 Å². The molecule has 0 fully saturated rings. The van der Waals surface area contributed by atoms with Crippen LogP contribution in [0.3, 0.4) is 0 Å². The van der Waals surface area contributed by atoms with Crippen LogP contribution in [-0.2, 0) is 20.1 Å². The first kappa shape index (κ1) is 20.9. The van der Waals surface area contributed by atoms with Gasteiger partial charge in [0.05, 0.1) is 11.6 Å². The molecule has 0 aliphatic heterocycles. The molecule has 0 amide bonds. The molecule has 0 aliphatic rings. The molecule has 5 heteroatoms. The fraction of sp³-hybridized carbons (Fsp3) is 0.0541. The van der Waals surface area contributed by atoms with E-state index >= 15 is 0 Å². The minimum atomic E-state index is -2.18. The minimum Gasteiger partial charge on any atom is -0.348 e. The number of nitrogens with zero attached hydrogens (tertiary/aromatic N) is 4. The molecule has 0 aliphatic carbocycles. The summed E-state index contributed by atoms with van der Waals surface area (Å²) >= 11 is 0. The smallest absolute Gasteiger partial charge is 0.0998 e. The number of benzene rings is 4. The Bertz CT molecular complexity index is 2370. The van der Waals surface area contributed by atoms with Crippen molar-refractivity contribution in [3.63, 3.8) is 0 Å². The number of hydrogen-bond acceptors (Lipinski definition) is 3. The second kappa shape index (κ2) is 11.2. The first-order valence-electron chi connectivity index (χ1n) is 16.0. The molecule has 42 heavy (non-hydrogen) atoms. The van der Waals surface area contributed by atoms with E-state index in [9.17, 15) is 5.26 Å². The minimum absolute atomic E-state index is 0. The third-order valence-electron chi connectivity index (χ3n) is 7.14. The van der Waals surface area contributed by atoms with Crippen LogP contribution in [0.1, 0.15) is 24.9 Å². The summed E-state index contributed by atoms with van der Waals surface area (Å²) < 4.78 is 45.9. The van der Waals surface area contributed by atoms with Crippen molar-refractivity contribution in [1.82, 2.24) is 14.4 Å². The van der Waals surface area contributed by atoms with Gasteiger partial charge in [0.25, 0.3) is 0 Å². The summed E-state index contributed by atoms with van der Waals surface area (Å²) in [5.41, 5.74) is 7.38. The van der Waals surface area contributed by atoms with Crippen LogP contribution in [0.5, 0.6) is 0 Å². The molecule has 0 N–H and O–H groups in total. The number of rotatable bonds is 2. The van der Waals surface area contributed by atoms with E-state index in [1.807, 2.05) is 30.3 Å². The number of para-hydroxylation sites is 1. The van der Waals surface area contributed by atoms with Gasteiger partial charge in [-0.2, -0.15) is 5.26 Å².